The standard InChI is InChI=1S/C52H78F4N8O11S/c1-13-32(4)46(63(10)51(70)45(31(2)3)59-52(61(6)7)62(8)9)39(73-11)30-41(66)64-26-18-22-38(64)47(74-12)33(5)49(68)58-37(28-34-20-15-14-16-21-34)50(69)60-76(71,72)27-19-25-57-40(65)23-17-24-42(67)75-48-43(55)35(53)29-36(54)44(48)56/h14-16,20-21,29,31-33,37-39,45-47H,13,17-19,22-28,30H2,1-12H3,(H,57,65)(H,58,68)(H,60,69)/t32-,33+,37-,38-,39+,45-,46-,47+/m0/s1. The van der Waals surface area contributed by atoms with Crippen molar-refractivity contribution in [3.05, 3.63) is 65.2 Å². The molecule has 1 aliphatic heterocycles. The van der Waals surface area contributed by atoms with Gasteiger partial charge in [0.2, 0.25) is 51.0 Å². The van der Waals surface area contributed by atoms with Crippen LogP contribution < -0.4 is 20.1 Å². The van der Waals surface area contributed by atoms with Crippen LogP contribution in [0.4, 0.5) is 17.6 Å². The van der Waals surface area contributed by atoms with Gasteiger partial charge >= 0.3 is 5.97 Å². The van der Waals surface area contributed by atoms with Crippen molar-refractivity contribution in [3.63, 3.8) is 0 Å². The fourth-order valence-corrected chi connectivity index (χ4v) is 10.2. The predicted molar refractivity (Wildman–Crippen MR) is 277 cm³/mol. The molecule has 0 aromatic heterocycles. The summed E-state index contributed by atoms with van der Waals surface area (Å²) in [7, 11) is 7.74. The summed E-state index contributed by atoms with van der Waals surface area (Å²) in [6.07, 6.45) is -1.18. The Labute approximate surface area is 444 Å². The van der Waals surface area contributed by atoms with Crippen molar-refractivity contribution in [2.45, 2.75) is 129 Å². The van der Waals surface area contributed by atoms with Crippen molar-refractivity contribution in [3.8, 4) is 5.75 Å². The maximum atomic E-state index is 14.4. The number of benzene rings is 2. The first-order valence-corrected chi connectivity index (χ1v) is 27.1. The number of ether oxygens (including phenoxy) is 3. The number of esters is 1. The topological polar surface area (TPSA) is 226 Å². The maximum absolute atomic E-state index is 14.4. The van der Waals surface area contributed by atoms with Crippen LogP contribution in [0.2, 0.25) is 0 Å². The Morgan fingerprint density at radius 3 is 2.03 bits per heavy atom. The van der Waals surface area contributed by atoms with E-state index in [0.29, 0.717) is 37.3 Å². The van der Waals surface area contributed by atoms with Gasteiger partial charge in [0, 0.05) is 87.9 Å². The van der Waals surface area contributed by atoms with Crippen LogP contribution in [0, 0.1) is 41.0 Å². The third-order valence-corrected chi connectivity index (χ3v) is 14.7. The van der Waals surface area contributed by atoms with Gasteiger partial charge in [-0.2, -0.15) is 8.78 Å². The van der Waals surface area contributed by atoms with E-state index in [-0.39, 0.29) is 68.4 Å². The van der Waals surface area contributed by atoms with Gasteiger partial charge in [0.15, 0.2) is 17.6 Å². The van der Waals surface area contributed by atoms with E-state index >= 15 is 0 Å². The summed E-state index contributed by atoms with van der Waals surface area (Å²) in [6.45, 7) is 9.67. The summed E-state index contributed by atoms with van der Waals surface area (Å²) in [5.74, 6) is -14.1. The van der Waals surface area contributed by atoms with Crippen molar-refractivity contribution in [1.29, 1.82) is 0 Å². The van der Waals surface area contributed by atoms with E-state index in [2.05, 4.69) is 15.4 Å². The van der Waals surface area contributed by atoms with E-state index in [1.807, 2.05) is 70.4 Å². The summed E-state index contributed by atoms with van der Waals surface area (Å²) >= 11 is 0. The van der Waals surface area contributed by atoms with Gasteiger partial charge in [-0.15, -0.1) is 0 Å². The number of hydrogen-bond donors (Lipinski definition) is 3. The normalized spacial score (nSPS) is 16.3. The van der Waals surface area contributed by atoms with Crippen molar-refractivity contribution < 1.29 is 69.0 Å². The van der Waals surface area contributed by atoms with Crippen LogP contribution in [-0.2, 0) is 54.7 Å². The lowest BCUT2D eigenvalue weighted by Crippen LogP contribution is -2.56. The van der Waals surface area contributed by atoms with Crippen LogP contribution >= 0.6 is 0 Å². The first kappa shape index (κ1) is 64.4. The predicted octanol–water partition coefficient (Wildman–Crippen LogP) is 4.42. The molecule has 19 nitrogen and oxygen atoms in total. The highest BCUT2D eigenvalue weighted by molar-refractivity contribution is 7.90. The monoisotopic (exact) mass is 1100 g/mol. The number of nitrogens with zero attached hydrogens (tertiary/aromatic N) is 5. The van der Waals surface area contributed by atoms with Crippen LogP contribution in [0.1, 0.15) is 91.5 Å². The summed E-state index contributed by atoms with van der Waals surface area (Å²) < 4.78 is 99.4. The van der Waals surface area contributed by atoms with Gasteiger partial charge in [0.25, 0.3) is 5.91 Å². The second kappa shape index (κ2) is 30.2. The zero-order valence-electron chi connectivity index (χ0n) is 45.8. The average molecular weight is 1100 g/mol. The van der Waals surface area contributed by atoms with Crippen LogP contribution in [0.25, 0.3) is 0 Å². The number of guanidine groups is 1. The minimum Gasteiger partial charge on any atom is -0.420 e. The van der Waals surface area contributed by atoms with E-state index in [1.165, 1.54) is 14.2 Å². The van der Waals surface area contributed by atoms with Gasteiger partial charge in [0.05, 0.1) is 42.4 Å². The number of likely N-dealkylation sites (N-methyl/N-ethyl adjacent to an activating group) is 1. The minimum absolute atomic E-state index is 0.0469. The fourth-order valence-electron chi connectivity index (χ4n) is 9.17. The number of halogens is 4. The van der Waals surface area contributed by atoms with E-state index < -0.39 is 117 Å². The van der Waals surface area contributed by atoms with Gasteiger partial charge < -0.3 is 44.4 Å². The molecule has 24 heteroatoms. The van der Waals surface area contributed by atoms with E-state index in [0.717, 1.165) is 0 Å². The summed E-state index contributed by atoms with van der Waals surface area (Å²) in [5.41, 5.74) is 0.608. The molecule has 2 aromatic carbocycles. The molecule has 1 saturated heterocycles. The van der Waals surface area contributed by atoms with Crippen LogP contribution in [0.15, 0.2) is 41.4 Å². The lowest BCUT2D eigenvalue weighted by molar-refractivity contribution is -0.146. The number of rotatable bonds is 28. The largest absolute Gasteiger partial charge is 0.420 e. The number of sulfonamides is 1. The van der Waals surface area contributed by atoms with Gasteiger partial charge in [-0.05, 0) is 43.1 Å². The molecule has 2 aromatic rings. The molecule has 1 heterocycles. The summed E-state index contributed by atoms with van der Waals surface area (Å²) in [5, 5.41) is 5.16. The Morgan fingerprint density at radius 2 is 1.47 bits per heavy atom. The van der Waals surface area contributed by atoms with Gasteiger partial charge in [-0.25, -0.2) is 22.2 Å². The van der Waals surface area contributed by atoms with E-state index in [9.17, 15) is 54.7 Å². The number of likely N-dealkylation sites (tertiary alicyclic amines) is 1. The molecule has 0 radical (unpaired) electrons. The van der Waals surface area contributed by atoms with Crippen molar-refractivity contribution >= 4 is 51.5 Å². The number of aliphatic imine (C=N–C) groups is 1. The molecule has 426 valence electrons. The zero-order valence-corrected chi connectivity index (χ0v) is 46.6. The minimum atomic E-state index is -4.34. The number of nitrogens with one attached hydrogen (secondary N) is 3. The molecule has 0 bridgehead atoms. The number of hydrogen-bond acceptors (Lipinski definition) is 12. The fraction of sp³-hybridized carbons (Fsp3) is 0.635. The number of methoxy groups -OCH3 is 2. The lowest BCUT2D eigenvalue weighted by atomic mass is 9.89. The van der Waals surface area contributed by atoms with Gasteiger partial charge in [-0.1, -0.05) is 71.4 Å². The second-order valence-corrected chi connectivity index (χ2v) is 21.7. The average Bonchev–Trinajstić information content (AvgIpc) is 3.85. The third-order valence-electron chi connectivity index (χ3n) is 13.4. The highest BCUT2D eigenvalue weighted by Crippen LogP contribution is 2.31. The Balaban J connectivity index is 1.68. The molecular formula is C52H78F4N8O11S. The first-order chi connectivity index (χ1) is 35.7. The highest BCUT2D eigenvalue weighted by Gasteiger charge is 2.43. The quantitative estimate of drug-likeness (QED) is 0.0204. The Kier molecular flexibility index (Phi) is 25.6. The van der Waals surface area contributed by atoms with Crippen LogP contribution in [0.5, 0.6) is 5.75 Å². The molecule has 0 unspecified atom stereocenters. The molecular weight excluding hydrogens is 1020 g/mol. The molecule has 76 heavy (non-hydrogen) atoms. The molecule has 0 saturated carbocycles. The number of carbonyl (C=O) groups excluding carboxylic acids is 6. The maximum Gasteiger partial charge on any atom is 0.311 e. The Bertz CT molecular complexity index is 2400. The second-order valence-electron chi connectivity index (χ2n) is 19.9. The molecule has 1 fully saturated rings. The molecule has 8 atom stereocenters. The third kappa shape index (κ3) is 18.4. The smallest absolute Gasteiger partial charge is 0.311 e. The summed E-state index contributed by atoms with van der Waals surface area (Å²) in [6, 6.07) is 5.37. The molecule has 0 aliphatic carbocycles. The van der Waals surface area contributed by atoms with Crippen molar-refractivity contribution in [1.82, 2.24) is 35.0 Å². The van der Waals surface area contributed by atoms with Crippen LogP contribution in [0.3, 0.4) is 0 Å². The number of carbonyl (C=O) groups is 6. The molecule has 3 N–H and O–H groups in total. The molecule has 0 spiro atoms. The summed E-state index contributed by atoms with van der Waals surface area (Å²) in [4.78, 5) is 93.0. The lowest BCUT2D eigenvalue weighted by Gasteiger charge is -2.40. The molecule has 1 aliphatic rings. The van der Waals surface area contributed by atoms with Crippen LogP contribution in [-0.4, -0.2) is 174 Å². The van der Waals surface area contributed by atoms with E-state index in [1.54, 1.807) is 54.1 Å². The van der Waals surface area contributed by atoms with Gasteiger partial charge in [0.1, 0.15) is 12.1 Å². The Morgan fingerprint density at radius 1 is 0.855 bits per heavy atom. The van der Waals surface area contributed by atoms with Gasteiger partial charge in [-0.3, -0.25) is 33.5 Å². The SMILES string of the molecule is CC[C@H](C)[C@@H]([C@@H](CC(=O)N1CCC[C@H]1[C@H](OC)[C@@H](C)C(=O)N[C@@H](Cc1ccccc1)C(=O)NS(=O)(=O)CCCNC(=O)CCCC(=O)Oc1c(F)c(F)cc(F)c1F)OC)N(C)C(=O)[C@@H](N=C(N(C)C)N(C)C)C(C)C. The number of amides is 5. The van der Waals surface area contributed by atoms with Crippen molar-refractivity contribution in [2.24, 2.45) is 22.7 Å². The molecule has 3 rings (SSSR count). The molecule has 5 amide bonds. The van der Waals surface area contributed by atoms with E-state index in [4.69, 9.17) is 14.5 Å². The highest BCUT2D eigenvalue weighted by atomic mass is 32.2. The zero-order chi connectivity index (χ0) is 57.2. The Hall–Kier alpha value is -5.88. The van der Waals surface area contributed by atoms with Crippen molar-refractivity contribution in [2.75, 3.05) is 68.3 Å². The first-order valence-electron chi connectivity index (χ1n) is 25.4.